The second-order valence-corrected chi connectivity index (χ2v) is 6.88. The third-order valence-corrected chi connectivity index (χ3v) is 4.63. The lowest BCUT2D eigenvalue weighted by atomic mass is 9.98. The van der Waals surface area contributed by atoms with Crippen LogP contribution >= 0.6 is 22.9 Å². The average molecular weight is 358 g/mol. The molecule has 0 spiro atoms. The van der Waals surface area contributed by atoms with Crippen molar-refractivity contribution in [3.63, 3.8) is 0 Å². The van der Waals surface area contributed by atoms with Crippen LogP contribution < -0.4 is 5.32 Å². The number of halogens is 1. The highest BCUT2D eigenvalue weighted by Crippen LogP contribution is 2.31. The maximum Gasteiger partial charge on any atom is 0.259 e. The van der Waals surface area contributed by atoms with E-state index in [-0.39, 0.29) is 5.91 Å². The summed E-state index contributed by atoms with van der Waals surface area (Å²) in [5.74, 6) is -0.252. The van der Waals surface area contributed by atoms with Gasteiger partial charge in [-0.2, -0.15) is 0 Å². The molecule has 122 valence electrons. The zero-order chi connectivity index (χ0) is 17.3. The number of carbonyl (C=O) groups is 1. The van der Waals surface area contributed by atoms with Gasteiger partial charge in [-0.3, -0.25) is 10.1 Å². The number of aromatic nitrogens is 2. The number of hydrogen-bond acceptors (Lipinski definition) is 4. The lowest BCUT2D eigenvalue weighted by molar-refractivity contribution is 0.102. The molecule has 0 aliphatic heterocycles. The average Bonchev–Trinajstić information content (AvgIpc) is 2.95. The van der Waals surface area contributed by atoms with Crippen LogP contribution in [0.15, 0.2) is 35.8 Å². The van der Waals surface area contributed by atoms with Crippen LogP contribution in [0.2, 0.25) is 5.15 Å². The van der Waals surface area contributed by atoms with Crippen LogP contribution in [-0.4, -0.2) is 15.9 Å². The monoisotopic (exact) mass is 357 g/mol. The second kappa shape index (κ2) is 6.71. The Kier molecular flexibility index (Phi) is 4.64. The SMILES string of the molecule is Cc1cc(C)c(-c2csc(NC(=O)c3ccc(Cl)nc3)n2)c(C)c1. The second-order valence-electron chi connectivity index (χ2n) is 5.64. The van der Waals surface area contributed by atoms with E-state index in [1.54, 1.807) is 12.1 Å². The summed E-state index contributed by atoms with van der Waals surface area (Å²) >= 11 is 7.14. The van der Waals surface area contributed by atoms with Gasteiger partial charge >= 0.3 is 0 Å². The minimum Gasteiger partial charge on any atom is -0.298 e. The number of benzene rings is 1. The van der Waals surface area contributed by atoms with E-state index in [2.05, 4.69) is 48.2 Å². The summed E-state index contributed by atoms with van der Waals surface area (Å²) in [5.41, 5.74) is 6.02. The van der Waals surface area contributed by atoms with Gasteiger partial charge in [0.05, 0.1) is 11.3 Å². The highest BCUT2D eigenvalue weighted by molar-refractivity contribution is 7.14. The van der Waals surface area contributed by atoms with Crippen molar-refractivity contribution in [3.8, 4) is 11.3 Å². The fourth-order valence-corrected chi connectivity index (χ4v) is 3.52. The van der Waals surface area contributed by atoms with Gasteiger partial charge < -0.3 is 0 Å². The van der Waals surface area contributed by atoms with Crippen LogP contribution in [0, 0.1) is 20.8 Å². The Morgan fingerprint density at radius 2 is 1.88 bits per heavy atom. The molecular formula is C18H16ClN3OS. The smallest absolute Gasteiger partial charge is 0.259 e. The van der Waals surface area contributed by atoms with E-state index in [1.807, 2.05) is 5.38 Å². The minimum absolute atomic E-state index is 0.252. The Morgan fingerprint density at radius 3 is 2.50 bits per heavy atom. The molecule has 1 aromatic carbocycles. The number of aryl methyl sites for hydroxylation is 3. The molecule has 3 aromatic rings. The Labute approximate surface area is 149 Å². The maximum atomic E-state index is 12.2. The van der Waals surface area contributed by atoms with Crippen molar-refractivity contribution in [2.45, 2.75) is 20.8 Å². The van der Waals surface area contributed by atoms with Gasteiger partial charge in [0.2, 0.25) is 0 Å². The molecule has 0 saturated heterocycles. The summed E-state index contributed by atoms with van der Waals surface area (Å²) in [4.78, 5) is 20.7. The quantitative estimate of drug-likeness (QED) is 0.668. The van der Waals surface area contributed by atoms with E-state index >= 15 is 0 Å². The van der Waals surface area contributed by atoms with Crippen molar-refractivity contribution in [3.05, 3.63) is 63.2 Å². The van der Waals surface area contributed by atoms with Crippen LogP contribution in [-0.2, 0) is 0 Å². The molecular weight excluding hydrogens is 342 g/mol. The first-order valence-electron chi connectivity index (χ1n) is 7.40. The van der Waals surface area contributed by atoms with Crippen molar-refractivity contribution in [2.75, 3.05) is 5.32 Å². The number of amides is 1. The first-order chi connectivity index (χ1) is 11.4. The van der Waals surface area contributed by atoms with Gasteiger partial charge in [0, 0.05) is 17.1 Å². The molecule has 3 rings (SSSR count). The predicted molar refractivity (Wildman–Crippen MR) is 99.0 cm³/mol. The van der Waals surface area contributed by atoms with Crippen LogP contribution in [0.1, 0.15) is 27.0 Å². The fraction of sp³-hybridized carbons (Fsp3) is 0.167. The molecule has 0 atom stereocenters. The Bertz CT molecular complexity index is 880. The zero-order valence-electron chi connectivity index (χ0n) is 13.6. The first-order valence-corrected chi connectivity index (χ1v) is 8.66. The number of carbonyl (C=O) groups excluding carboxylic acids is 1. The molecule has 0 fully saturated rings. The largest absolute Gasteiger partial charge is 0.298 e. The van der Waals surface area contributed by atoms with Gasteiger partial charge in [-0.1, -0.05) is 29.3 Å². The number of thiazole rings is 1. The normalized spacial score (nSPS) is 10.7. The summed E-state index contributed by atoms with van der Waals surface area (Å²) in [5, 5.41) is 5.68. The van der Waals surface area contributed by atoms with Crippen LogP contribution in [0.5, 0.6) is 0 Å². The molecule has 0 radical (unpaired) electrons. The molecule has 0 aliphatic carbocycles. The molecule has 1 N–H and O–H groups in total. The Hall–Kier alpha value is -2.24. The Balaban J connectivity index is 1.84. The topological polar surface area (TPSA) is 54.9 Å². The van der Waals surface area contributed by atoms with Crippen LogP contribution in [0.25, 0.3) is 11.3 Å². The summed E-state index contributed by atoms with van der Waals surface area (Å²) < 4.78 is 0. The van der Waals surface area contributed by atoms with Gasteiger partial charge in [-0.05, 0) is 44.0 Å². The third kappa shape index (κ3) is 3.47. The summed E-state index contributed by atoms with van der Waals surface area (Å²) in [7, 11) is 0. The zero-order valence-corrected chi connectivity index (χ0v) is 15.1. The van der Waals surface area contributed by atoms with E-state index in [4.69, 9.17) is 11.6 Å². The highest BCUT2D eigenvalue weighted by atomic mass is 35.5. The van der Waals surface area contributed by atoms with Gasteiger partial charge in [-0.15, -0.1) is 11.3 Å². The molecule has 2 aromatic heterocycles. The molecule has 0 bridgehead atoms. The van der Waals surface area contributed by atoms with E-state index in [0.717, 1.165) is 11.3 Å². The van der Waals surface area contributed by atoms with E-state index < -0.39 is 0 Å². The molecule has 4 nitrogen and oxygen atoms in total. The lowest BCUT2D eigenvalue weighted by Crippen LogP contribution is -2.11. The van der Waals surface area contributed by atoms with Crippen molar-refractivity contribution in [1.82, 2.24) is 9.97 Å². The summed E-state index contributed by atoms with van der Waals surface area (Å²) in [6, 6.07) is 7.49. The molecule has 0 saturated carbocycles. The minimum atomic E-state index is -0.252. The number of pyridine rings is 1. The highest BCUT2D eigenvalue weighted by Gasteiger charge is 2.13. The molecule has 0 unspecified atom stereocenters. The number of hydrogen-bond donors (Lipinski definition) is 1. The van der Waals surface area contributed by atoms with Crippen molar-refractivity contribution in [2.24, 2.45) is 0 Å². The first kappa shape index (κ1) is 16.6. The number of anilines is 1. The number of nitrogens with zero attached hydrogens (tertiary/aromatic N) is 2. The lowest BCUT2D eigenvalue weighted by Gasteiger charge is -2.08. The van der Waals surface area contributed by atoms with Crippen LogP contribution in [0.4, 0.5) is 5.13 Å². The van der Waals surface area contributed by atoms with Crippen LogP contribution in [0.3, 0.4) is 0 Å². The van der Waals surface area contributed by atoms with Crippen molar-refractivity contribution < 1.29 is 4.79 Å². The predicted octanol–water partition coefficient (Wildman–Crippen LogP) is 5.04. The van der Waals surface area contributed by atoms with Gasteiger partial charge in [-0.25, -0.2) is 9.97 Å². The standard InChI is InChI=1S/C18H16ClN3OS/c1-10-6-11(2)16(12(3)7-10)14-9-24-18(21-14)22-17(23)13-4-5-15(19)20-8-13/h4-9H,1-3H3,(H,21,22,23). The Morgan fingerprint density at radius 1 is 1.17 bits per heavy atom. The molecule has 24 heavy (non-hydrogen) atoms. The summed E-state index contributed by atoms with van der Waals surface area (Å²) in [6.07, 6.45) is 1.44. The van der Waals surface area contributed by atoms with Gasteiger partial charge in [0.25, 0.3) is 5.91 Å². The number of rotatable bonds is 3. The molecule has 1 amide bonds. The van der Waals surface area contributed by atoms with E-state index in [1.165, 1.54) is 34.2 Å². The van der Waals surface area contributed by atoms with E-state index in [9.17, 15) is 4.79 Å². The maximum absolute atomic E-state index is 12.2. The summed E-state index contributed by atoms with van der Waals surface area (Å²) in [6.45, 7) is 6.23. The van der Waals surface area contributed by atoms with Crippen molar-refractivity contribution >= 4 is 34.0 Å². The molecule has 6 heteroatoms. The molecule has 2 heterocycles. The van der Waals surface area contributed by atoms with E-state index in [0.29, 0.717) is 15.8 Å². The van der Waals surface area contributed by atoms with Gasteiger partial charge in [0.1, 0.15) is 5.15 Å². The van der Waals surface area contributed by atoms with Crippen molar-refractivity contribution in [1.29, 1.82) is 0 Å². The molecule has 0 aliphatic rings. The third-order valence-electron chi connectivity index (χ3n) is 3.65. The van der Waals surface area contributed by atoms with Gasteiger partial charge in [0.15, 0.2) is 5.13 Å². The fourth-order valence-electron chi connectivity index (χ4n) is 2.71. The number of nitrogens with one attached hydrogen (secondary N) is 1.